The van der Waals surface area contributed by atoms with Crippen molar-refractivity contribution in [1.29, 1.82) is 0 Å². The van der Waals surface area contributed by atoms with Gasteiger partial charge in [0, 0.05) is 18.8 Å². The van der Waals surface area contributed by atoms with E-state index in [0.29, 0.717) is 23.6 Å². The number of ether oxygens (including phenoxy) is 2. The fourth-order valence-electron chi connectivity index (χ4n) is 3.99. The van der Waals surface area contributed by atoms with Gasteiger partial charge < -0.3 is 19.7 Å². The predicted octanol–water partition coefficient (Wildman–Crippen LogP) is 4.64. The molecular formula is C25H29N7O2. The van der Waals surface area contributed by atoms with Gasteiger partial charge in [-0.25, -0.2) is 5.43 Å². The van der Waals surface area contributed by atoms with E-state index in [1.54, 1.807) is 6.21 Å². The normalized spacial score (nSPS) is 15.7. The van der Waals surface area contributed by atoms with Crippen molar-refractivity contribution in [1.82, 2.24) is 15.0 Å². The molecule has 1 fully saturated rings. The molecule has 5 rings (SSSR count). The van der Waals surface area contributed by atoms with Gasteiger partial charge in [-0.3, -0.25) is 0 Å². The number of hydrogen-bond acceptors (Lipinski definition) is 9. The molecule has 2 aliphatic heterocycles. The molecule has 2 N–H and O–H groups in total. The van der Waals surface area contributed by atoms with Gasteiger partial charge in [-0.2, -0.15) is 20.1 Å². The quantitative estimate of drug-likeness (QED) is 0.406. The third kappa shape index (κ3) is 4.88. The number of rotatable bonds is 6. The maximum absolute atomic E-state index is 5.43. The molecule has 176 valence electrons. The second-order valence-electron chi connectivity index (χ2n) is 8.81. The van der Waals surface area contributed by atoms with Crippen LogP contribution in [-0.2, 0) is 0 Å². The Bertz CT molecular complexity index is 1210. The largest absolute Gasteiger partial charge is 0.454 e. The Morgan fingerprint density at radius 1 is 1.00 bits per heavy atom. The summed E-state index contributed by atoms with van der Waals surface area (Å²) in [6.45, 7) is 8.55. The highest BCUT2D eigenvalue weighted by atomic mass is 16.7. The van der Waals surface area contributed by atoms with Crippen molar-refractivity contribution < 1.29 is 9.47 Å². The fourth-order valence-corrected chi connectivity index (χ4v) is 3.99. The molecule has 0 unspecified atom stereocenters. The van der Waals surface area contributed by atoms with Gasteiger partial charge in [-0.1, -0.05) is 19.1 Å². The first-order valence-corrected chi connectivity index (χ1v) is 11.6. The monoisotopic (exact) mass is 459 g/mol. The topological polar surface area (TPSA) is 96.8 Å². The van der Waals surface area contributed by atoms with Gasteiger partial charge in [0.15, 0.2) is 11.5 Å². The smallest absolute Gasteiger partial charge is 0.250 e. The molecule has 0 radical (unpaired) electrons. The third-order valence-corrected chi connectivity index (χ3v) is 6.32. The van der Waals surface area contributed by atoms with E-state index in [2.05, 4.69) is 57.5 Å². The molecule has 9 nitrogen and oxygen atoms in total. The zero-order valence-corrected chi connectivity index (χ0v) is 19.7. The van der Waals surface area contributed by atoms with Crippen LogP contribution in [0, 0.1) is 19.8 Å². The highest BCUT2D eigenvalue weighted by molar-refractivity contribution is 5.81. The SMILES string of the molecule is Cc1cccc(Nc2nc(N/N=C/c3ccc4c(c3)OCO4)nc(N3CCC(C)CC3)n2)c1C. The van der Waals surface area contributed by atoms with E-state index < -0.39 is 0 Å². The van der Waals surface area contributed by atoms with E-state index in [4.69, 9.17) is 14.5 Å². The molecule has 1 saturated heterocycles. The fraction of sp³-hybridized carbons (Fsp3) is 0.360. The van der Waals surface area contributed by atoms with Crippen molar-refractivity contribution in [3.05, 3.63) is 53.1 Å². The van der Waals surface area contributed by atoms with E-state index in [-0.39, 0.29) is 6.79 Å². The van der Waals surface area contributed by atoms with Gasteiger partial charge in [0.25, 0.3) is 0 Å². The van der Waals surface area contributed by atoms with Crippen LogP contribution in [0.1, 0.15) is 36.5 Å². The van der Waals surface area contributed by atoms with Gasteiger partial charge in [0.05, 0.1) is 6.21 Å². The van der Waals surface area contributed by atoms with Crippen molar-refractivity contribution in [3.8, 4) is 11.5 Å². The maximum atomic E-state index is 5.43. The molecule has 0 spiro atoms. The number of hydrogen-bond donors (Lipinski definition) is 2. The zero-order valence-electron chi connectivity index (χ0n) is 19.7. The molecule has 0 aliphatic carbocycles. The molecule has 1 aromatic heterocycles. The van der Waals surface area contributed by atoms with Crippen LogP contribution in [0.4, 0.5) is 23.5 Å². The highest BCUT2D eigenvalue weighted by Gasteiger charge is 2.20. The van der Waals surface area contributed by atoms with E-state index >= 15 is 0 Å². The molecule has 2 aromatic carbocycles. The zero-order chi connectivity index (χ0) is 23.5. The van der Waals surface area contributed by atoms with Gasteiger partial charge in [0.1, 0.15) is 0 Å². The third-order valence-electron chi connectivity index (χ3n) is 6.32. The van der Waals surface area contributed by atoms with E-state index in [1.165, 1.54) is 5.56 Å². The van der Waals surface area contributed by atoms with Gasteiger partial charge >= 0.3 is 0 Å². The Balaban J connectivity index is 1.39. The van der Waals surface area contributed by atoms with Gasteiger partial charge in [0.2, 0.25) is 24.6 Å². The molecule has 0 amide bonds. The minimum Gasteiger partial charge on any atom is -0.454 e. The Labute approximate surface area is 199 Å². The summed E-state index contributed by atoms with van der Waals surface area (Å²) in [7, 11) is 0. The lowest BCUT2D eigenvalue weighted by molar-refractivity contribution is 0.174. The van der Waals surface area contributed by atoms with Crippen LogP contribution in [0.3, 0.4) is 0 Å². The number of nitrogens with zero attached hydrogens (tertiary/aromatic N) is 5. The van der Waals surface area contributed by atoms with Crippen molar-refractivity contribution >= 4 is 29.7 Å². The average molecular weight is 460 g/mol. The Hall–Kier alpha value is -3.88. The van der Waals surface area contributed by atoms with Crippen molar-refractivity contribution in [2.75, 3.05) is 35.5 Å². The Morgan fingerprint density at radius 3 is 2.65 bits per heavy atom. The lowest BCUT2D eigenvalue weighted by atomic mass is 10.00. The number of nitrogens with one attached hydrogen (secondary N) is 2. The molecule has 2 aliphatic rings. The molecule has 0 saturated carbocycles. The van der Waals surface area contributed by atoms with Crippen LogP contribution in [0.5, 0.6) is 11.5 Å². The number of anilines is 4. The predicted molar refractivity (Wildman–Crippen MR) is 133 cm³/mol. The summed E-state index contributed by atoms with van der Waals surface area (Å²) >= 11 is 0. The molecule has 0 bridgehead atoms. The number of hydrazone groups is 1. The summed E-state index contributed by atoms with van der Waals surface area (Å²) in [6, 6.07) is 11.8. The lowest BCUT2D eigenvalue weighted by Gasteiger charge is -2.30. The molecule has 0 atom stereocenters. The summed E-state index contributed by atoms with van der Waals surface area (Å²) in [5.74, 6) is 3.69. The number of piperidine rings is 1. The molecular weight excluding hydrogens is 430 g/mol. The minimum atomic E-state index is 0.243. The first-order valence-electron chi connectivity index (χ1n) is 11.6. The molecule has 9 heteroatoms. The van der Waals surface area contributed by atoms with E-state index in [1.807, 2.05) is 30.3 Å². The summed E-state index contributed by atoms with van der Waals surface area (Å²) in [6.07, 6.45) is 3.94. The molecule has 3 heterocycles. The maximum Gasteiger partial charge on any atom is 0.250 e. The number of fused-ring (bicyclic) bond motifs is 1. The van der Waals surface area contributed by atoms with Crippen molar-refractivity contribution in [2.45, 2.75) is 33.6 Å². The number of aromatic nitrogens is 3. The van der Waals surface area contributed by atoms with Crippen LogP contribution in [0.15, 0.2) is 41.5 Å². The summed E-state index contributed by atoms with van der Waals surface area (Å²) in [4.78, 5) is 16.2. The van der Waals surface area contributed by atoms with Crippen LogP contribution in [0.25, 0.3) is 0 Å². The molecule has 3 aromatic rings. The van der Waals surface area contributed by atoms with Crippen molar-refractivity contribution in [3.63, 3.8) is 0 Å². The summed E-state index contributed by atoms with van der Waals surface area (Å²) in [5.41, 5.74) is 7.18. The number of aryl methyl sites for hydroxylation is 1. The summed E-state index contributed by atoms with van der Waals surface area (Å²) < 4.78 is 10.8. The highest BCUT2D eigenvalue weighted by Crippen LogP contribution is 2.32. The van der Waals surface area contributed by atoms with E-state index in [0.717, 1.165) is 54.4 Å². The van der Waals surface area contributed by atoms with Gasteiger partial charge in [-0.15, -0.1) is 0 Å². The lowest BCUT2D eigenvalue weighted by Crippen LogP contribution is -2.34. The van der Waals surface area contributed by atoms with Gasteiger partial charge in [-0.05, 0) is 73.6 Å². The second kappa shape index (κ2) is 9.54. The minimum absolute atomic E-state index is 0.243. The second-order valence-corrected chi connectivity index (χ2v) is 8.81. The van der Waals surface area contributed by atoms with E-state index in [9.17, 15) is 0 Å². The van der Waals surface area contributed by atoms with Crippen LogP contribution in [-0.4, -0.2) is 41.0 Å². The summed E-state index contributed by atoms with van der Waals surface area (Å²) in [5, 5.41) is 7.71. The number of benzene rings is 2. The first-order chi connectivity index (χ1) is 16.5. The van der Waals surface area contributed by atoms with Crippen LogP contribution < -0.4 is 25.1 Å². The Morgan fingerprint density at radius 2 is 1.79 bits per heavy atom. The molecule has 34 heavy (non-hydrogen) atoms. The van der Waals surface area contributed by atoms with Crippen molar-refractivity contribution in [2.24, 2.45) is 11.0 Å². The Kier molecular flexibility index (Phi) is 6.16. The standard InChI is InChI=1S/C25H29N7O2/c1-16-9-11-32(12-10-16)25-29-23(27-20-6-4-5-17(2)18(20)3)28-24(30-25)31-26-14-19-7-8-21-22(13-19)34-15-33-21/h4-8,13-14,16H,9-12,15H2,1-3H3,(H2,27,28,29,30,31)/b26-14+. The van der Waals surface area contributed by atoms with Crippen LogP contribution in [0.2, 0.25) is 0 Å². The van der Waals surface area contributed by atoms with Crippen LogP contribution >= 0.6 is 0 Å². The average Bonchev–Trinajstić information content (AvgIpc) is 3.30. The first kappa shape index (κ1) is 21.9.